The molecule has 4 rings (SSSR count). The van der Waals surface area contributed by atoms with E-state index in [0.717, 1.165) is 41.5 Å². The highest BCUT2D eigenvalue weighted by Crippen LogP contribution is 2.36. The van der Waals surface area contributed by atoms with Crippen LogP contribution in [0.5, 0.6) is 11.5 Å². The van der Waals surface area contributed by atoms with Crippen molar-refractivity contribution in [2.24, 2.45) is 0 Å². The molecule has 0 fully saturated rings. The highest BCUT2D eigenvalue weighted by Gasteiger charge is 2.23. The molecule has 2 aliphatic heterocycles. The summed E-state index contributed by atoms with van der Waals surface area (Å²) in [7, 11) is 0. The van der Waals surface area contributed by atoms with E-state index in [9.17, 15) is 4.79 Å². The van der Waals surface area contributed by atoms with E-state index in [1.165, 1.54) is 0 Å². The van der Waals surface area contributed by atoms with Crippen molar-refractivity contribution in [1.82, 2.24) is 0 Å². The molecule has 1 amide bonds. The zero-order valence-electron chi connectivity index (χ0n) is 13.4. The number of nitrogens with zero attached hydrogens (tertiary/aromatic N) is 1. The number of rotatable bonds is 1. The SMILES string of the molecule is O=C(c1ccc2c(c1)OCCCO2)N1CCCSc2ccccc21. The molecule has 2 aromatic carbocycles. The quantitative estimate of drug-likeness (QED) is 0.786. The van der Waals surface area contributed by atoms with Crippen molar-refractivity contribution in [1.29, 1.82) is 0 Å². The van der Waals surface area contributed by atoms with Crippen LogP contribution in [-0.2, 0) is 0 Å². The summed E-state index contributed by atoms with van der Waals surface area (Å²) in [5, 5.41) is 0. The van der Waals surface area contributed by atoms with Crippen LogP contribution in [0, 0.1) is 0 Å². The maximum atomic E-state index is 13.1. The minimum absolute atomic E-state index is 0.0144. The average Bonchev–Trinajstić information content (AvgIpc) is 2.98. The van der Waals surface area contributed by atoms with Gasteiger partial charge >= 0.3 is 0 Å². The van der Waals surface area contributed by atoms with Gasteiger partial charge in [0, 0.05) is 23.4 Å². The number of anilines is 1. The Morgan fingerprint density at radius 1 is 1.00 bits per heavy atom. The zero-order valence-corrected chi connectivity index (χ0v) is 14.2. The summed E-state index contributed by atoms with van der Waals surface area (Å²) in [6.45, 7) is 2.00. The standard InChI is InChI=1S/C19H19NO3S/c21-19(14-7-8-16-17(13-14)23-11-4-10-22-16)20-9-3-12-24-18-6-2-1-5-15(18)20/h1-2,5-8,13H,3-4,9-12H2. The van der Waals surface area contributed by atoms with Crippen LogP contribution in [0.1, 0.15) is 23.2 Å². The Morgan fingerprint density at radius 2 is 1.83 bits per heavy atom. The summed E-state index contributed by atoms with van der Waals surface area (Å²) in [5.74, 6) is 2.43. The molecule has 4 nitrogen and oxygen atoms in total. The van der Waals surface area contributed by atoms with Crippen molar-refractivity contribution in [2.75, 3.05) is 30.4 Å². The van der Waals surface area contributed by atoms with E-state index in [4.69, 9.17) is 9.47 Å². The van der Waals surface area contributed by atoms with E-state index in [1.807, 2.05) is 53.1 Å². The first-order valence-corrected chi connectivity index (χ1v) is 9.25. The second-order valence-corrected chi connectivity index (χ2v) is 6.98. The first-order chi connectivity index (χ1) is 11.8. The Hall–Kier alpha value is -2.14. The fourth-order valence-electron chi connectivity index (χ4n) is 2.99. The number of hydrogen-bond acceptors (Lipinski definition) is 4. The smallest absolute Gasteiger partial charge is 0.258 e. The summed E-state index contributed by atoms with van der Waals surface area (Å²) < 4.78 is 11.4. The second-order valence-electron chi connectivity index (χ2n) is 5.84. The highest BCUT2D eigenvalue weighted by atomic mass is 32.2. The summed E-state index contributed by atoms with van der Waals surface area (Å²) in [5.41, 5.74) is 1.64. The maximum absolute atomic E-state index is 13.1. The Morgan fingerprint density at radius 3 is 2.75 bits per heavy atom. The highest BCUT2D eigenvalue weighted by molar-refractivity contribution is 7.99. The molecular formula is C19H19NO3S. The van der Waals surface area contributed by atoms with E-state index in [0.29, 0.717) is 24.5 Å². The lowest BCUT2D eigenvalue weighted by Crippen LogP contribution is -2.31. The van der Waals surface area contributed by atoms with Crippen molar-refractivity contribution in [3.63, 3.8) is 0 Å². The third kappa shape index (κ3) is 2.96. The minimum atomic E-state index is 0.0144. The normalized spacial score (nSPS) is 16.8. The Balaban J connectivity index is 1.67. The van der Waals surface area contributed by atoms with Crippen LogP contribution in [-0.4, -0.2) is 31.4 Å². The predicted octanol–water partition coefficient (Wildman–Crippen LogP) is 3.99. The summed E-state index contributed by atoms with van der Waals surface area (Å²) in [6, 6.07) is 13.6. The number of carbonyl (C=O) groups is 1. The number of amides is 1. The van der Waals surface area contributed by atoms with Crippen LogP contribution < -0.4 is 14.4 Å². The van der Waals surface area contributed by atoms with Crippen molar-refractivity contribution in [2.45, 2.75) is 17.7 Å². The van der Waals surface area contributed by atoms with Crippen LogP contribution in [0.3, 0.4) is 0 Å². The monoisotopic (exact) mass is 341 g/mol. The molecule has 0 saturated heterocycles. The number of hydrogen-bond donors (Lipinski definition) is 0. The fourth-order valence-corrected chi connectivity index (χ4v) is 3.98. The third-order valence-corrected chi connectivity index (χ3v) is 5.33. The summed E-state index contributed by atoms with van der Waals surface area (Å²) >= 11 is 1.81. The van der Waals surface area contributed by atoms with Gasteiger partial charge in [-0.05, 0) is 42.5 Å². The molecule has 24 heavy (non-hydrogen) atoms. The Kier molecular flexibility index (Phi) is 4.34. The minimum Gasteiger partial charge on any atom is -0.490 e. The Labute approximate surface area is 145 Å². The first-order valence-electron chi connectivity index (χ1n) is 8.26. The van der Waals surface area contributed by atoms with Gasteiger partial charge in [-0.1, -0.05) is 12.1 Å². The molecule has 0 saturated carbocycles. The molecule has 0 bridgehead atoms. The molecule has 2 heterocycles. The molecule has 0 aromatic heterocycles. The molecule has 0 aliphatic carbocycles. The number of para-hydroxylation sites is 1. The number of ether oxygens (including phenoxy) is 2. The largest absolute Gasteiger partial charge is 0.490 e. The van der Waals surface area contributed by atoms with Crippen LogP contribution in [0.25, 0.3) is 0 Å². The van der Waals surface area contributed by atoms with Crippen LogP contribution in [0.2, 0.25) is 0 Å². The van der Waals surface area contributed by atoms with Gasteiger partial charge in [0.1, 0.15) is 0 Å². The van der Waals surface area contributed by atoms with E-state index in [2.05, 4.69) is 6.07 Å². The zero-order chi connectivity index (χ0) is 16.4. The van der Waals surface area contributed by atoms with Crippen molar-refractivity contribution >= 4 is 23.4 Å². The van der Waals surface area contributed by atoms with Gasteiger partial charge in [-0.25, -0.2) is 0 Å². The van der Waals surface area contributed by atoms with Crippen molar-refractivity contribution < 1.29 is 14.3 Å². The average molecular weight is 341 g/mol. The lowest BCUT2D eigenvalue weighted by molar-refractivity contribution is 0.0986. The summed E-state index contributed by atoms with van der Waals surface area (Å²) in [4.78, 5) is 16.2. The molecule has 5 heteroatoms. The topological polar surface area (TPSA) is 38.8 Å². The van der Waals surface area contributed by atoms with E-state index in [1.54, 1.807) is 0 Å². The molecule has 0 spiro atoms. The van der Waals surface area contributed by atoms with Crippen molar-refractivity contribution in [3.8, 4) is 11.5 Å². The molecule has 0 radical (unpaired) electrons. The van der Waals surface area contributed by atoms with Crippen LogP contribution >= 0.6 is 11.8 Å². The molecule has 0 atom stereocenters. The molecule has 0 unspecified atom stereocenters. The lowest BCUT2D eigenvalue weighted by Gasteiger charge is -2.23. The number of benzene rings is 2. The van der Waals surface area contributed by atoms with E-state index >= 15 is 0 Å². The molecule has 124 valence electrons. The lowest BCUT2D eigenvalue weighted by atomic mass is 10.1. The van der Waals surface area contributed by atoms with Gasteiger partial charge < -0.3 is 14.4 Å². The first kappa shape index (κ1) is 15.4. The molecule has 0 N–H and O–H groups in total. The molecule has 2 aromatic rings. The van der Waals surface area contributed by atoms with Gasteiger partial charge in [-0.3, -0.25) is 4.79 Å². The van der Waals surface area contributed by atoms with Gasteiger partial charge in [-0.2, -0.15) is 0 Å². The van der Waals surface area contributed by atoms with Crippen molar-refractivity contribution in [3.05, 3.63) is 48.0 Å². The fraction of sp³-hybridized carbons (Fsp3) is 0.316. The third-order valence-electron chi connectivity index (χ3n) is 4.18. The van der Waals surface area contributed by atoms with Gasteiger partial charge in [0.25, 0.3) is 5.91 Å². The summed E-state index contributed by atoms with van der Waals surface area (Å²) in [6.07, 6.45) is 1.84. The number of fused-ring (bicyclic) bond motifs is 2. The van der Waals surface area contributed by atoms with Gasteiger partial charge in [0.05, 0.1) is 18.9 Å². The maximum Gasteiger partial charge on any atom is 0.258 e. The van der Waals surface area contributed by atoms with Gasteiger partial charge in [-0.15, -0.1) is 11.8 Å². The molecule has 2 aliphatic rings. The number of thioether (sulfide) groups is 1. The van der Waals surface area contributed by atoms with Gasteiger partial charge in [0.15, 0.2) is 11.5 Å². The Bertz CT molecular complexity index is 762. The molecular weight excluding hydrogens is 322 g/mol. The van der Waals surface area contributed by atoms with E-state index in [-0.39, 0.29) is 5.91 Å². The second kappa shape index (κ2) is 6.77. The van der Waals surface area contributed by atoms with Gasteiger partial charge in [0.2, 0.25) is 0 Å². The number of carbonyl (C=O) groups excluding carboxylic acids is 1. The van der Waals surface area contributed by atoms with E-state index < -0.39 is 0 Å². The van der Waals surface area contributed by atoms with Crippen LogP contribution in [0.4, 0.5) is 5.69 Å². The predicted molar refractivity (Wildman–Crippen MR) is 95.5 cm³/mol. The van der Waals surface area contributed by atoms with Crippen LogP contribution in [0.15, 0.2) is 47.4 Å².